The van der Waals surface area contributed by atoms with Gasteiger partial charge in [0.05, 0.1) is 34.6 Å². The maximum absolute atomic E-state index is 14.8. The van der Waals surface area contributed by atoms with E-state index in [2.05, 4.69) is 11.2 Å². The number of ether oxygens (including phenoxy) is 1. The van der Waals surface area contributed by atoms with Crippen LogP contribution in [0.15, 0.2) is 48.7 Å². The molecule has 1 aliphatic rings. The first-order valence-electron chi connectivity index (χ1n) is 13.4. The van der Waals surface area contributed by atoms with E-state index in [-0.39, 0.29) is 11.7 Å². The van der Waals surface area contributed by atoms with Crippen LogP contribution in [0.25, 0.3) is 33.3 Å². The molecule has 1 saturated heterocycles. The van der Waals surface area contributed by atoms with E-state index in [4.69, 9.17) is 9.72 Å². The summed E-state index contributed by atoms with van der Waals surface area (Å²) in [5.74, 6) is -0.106. The Morgan fingerprint density at radius 3 is 2.44 bits per heavy atom. The van der Waals surface area contributed by atoms with Crippen molar-refractivity contribution in [3.05, 3.63) is 65.6 Å². The Hall–Kier alpha value is -4.96. The van der Waals surface area contributed by atoms with Crippen molar-refractivity contribution in [1.82, 2.24) is 19.7 Å². The molecule has 0 unspecified atom stereocenters. The highest BCUT2D eigenvalue weighted by Gasteiger charge is 2.26. The van der Waals surface area contributed by atoms with Gasteiger partial charge in [-0.2, -0.15) is 15.6 Å². The van der Waals surface area contributed by atoms with Crippen LogP contribution in [0.4, 0.5) is 15.0 Å². The number of amides is 1. The summed E-state index contributed by atoms with van der Waals surface area (Å²) in [6.07, 6.45) is 2.07. The van der Waals surface area contributed by atoms with Gasteiger partial charge < -0.3 is 14.5 Å². The number of rotatable bonds is 3. The van der Waals surface area contributed by atoms with Gasteiger partial charge in [0, 0.05) is 49.7 Å². The second kappa shape index (κ2) is 10.9. The van der Waals surface area contributed by atoms with Gasteiger partial charge in [-0.3, -0.25) is 4.68 Å². The molecule has 208 valence electrons. The number of fused-ring (bicyclic) bond motifs is 1. The molecule has 0 radical (unpaired) electrons. The maximum atomic E-state index is 14.8. The van der Waals surface area contributed by atoms with Crippen LogP contribution in [0.1, 0.15) is 38.3 Å². The van der Waals surface area contributed by atoms with Gasteiger partial charge in [-0.15, -0.1) is 0 Å². The van der Waals surface area contributed by atoms with Crippen molar-refractivity contribution >= 4 is 22.8 Å². The predicted octanol–water partition coefficient (Wildman–Crippen LogP) is 5.63. The lowest BCUT2D eigenvalue weighted by atomic mass is 9.93. The first kappa shape index (κ1) is 27.6. The number of halogens is 1. The fourth-order valence-electron chi connectivity index (χ4n) is 5.01. The zero-order valence-electron chi connectivity index (χ0n) is 23.5. The summed E-state index contributed by atoms with van der Waals surface area (Å²) in [6.45, 7) is 7.57. The van der Waals surface area contributed by atoms with Gasteiger partial charge >= 0.3 is 6.09 Å². The highest BCUT2D eigenvalue weighted by Crippen LogP contribution is 2.38. The van der Waals surface area contributed by atoms with Crippen LogP contribution in [-0.4, -0.2) is 57.5 Å². The Balaban J connectivity index is 1.59. The van der Waals surface area contributed by atoms with E-state index < -0.39 is 11.4 Å². The molecule has 1 amide bonds. The van der Waals surface area contributed by atoms with E-state index in [0.717, 1.165) is 16.5 Å². The molecule has 0 aliphatic carbocycles. The number of nitrogens with zero attached hydrogens (tertiary/aromatic N) is 7. The van der Waals surface area contributed by atoms with Crippen molar-refractivity contribution in [2.45, 2.75) is 32.8 Å². The van der Waals surface area contributed by atoms with Gasteiger partial charge in [-0.1, -0.05) is 12.1 Å². The first-order chi connectivity index (χ1) is 19.6. The Morgan fingerprint density at radius 1 is 0.976 bits per heavy atom. The molecule has 2 aromatic carbocycles. The highest BCUT2D eigenvalue weighted by molar-refractivity contribution is 5.91. The molecule has 10 heteroatoms. The van der Waals surface area contributed by atoms with E-state index in [0.29, 0.717) is 60.8 Å². The number of anilines is 1. The number of carbonyl (C=O) groups is 1. The predicted molar refractivity (Wildman–Crippen MR) is 153 cm³/mol. The van der Waals surface area contributed by atoms with Crippen LogP contribution >= 0.6 is 0 Å². The molecule has 0 bridgehead atoms. The van der Waals surface area contributed by atoms with Gasteiger partial charge in [0.2, 0.25) is 0 Å². The van der Waals surface area contributed by atoms with Crippen LogP contribution in [0.5, 0.6) is 0 Å². The minimum Gasteiger partial charge on any atom is -0.444 e. The molecule has 3 heterocycles. The SMILES string of the molecule is Cn1ncc2cc(-c3c(C#N)cc(N4CCCN(C(=O)OC(C)(C)C)CC4)nc3-c3ccc(C#N)c(F)c3)ccc21. The fourth-order valence-corrected chi connectivity index (χ4v) is 5.01. The van der Waals surface area contributed by atoms with Crippen molar-refractivity contribution in [3.63, 3.8) is 0 Å². The highest BCUT2D eigenvalue weighted by atomic mass is 19.1. The molecule has 1 fully saturated rings. The Kier molecular flexibility index (Phi) is 7.34. The molecule has 41 heavy (non-hydrogen) atoms. The third-order valence-electron chi connectivity index (χ3n) is 7.00. The van der Waals surface area contributed by atoms with Crippen molar-refractivity contribution in [2.75, 3.05) is 31.1 Å². The van der Waals surface area contributed by atoms with E-state index in [1.54, 1.807) is 27.9 Å². The lowest BCUT2D eigenvalue weighted by Crippen LogP contribution is -2.39. The average molecular weight is 552 g/mol. The number of nitriles is 2. The van der Waals surface area contributed by atoms with Crippen LogP contribution < -0.4 is 4.90 Å². The summed E-state index contributed by atoms with van der Waals surface area (Å²) in [5, 5.41) is 24.8. The van der Waals surface area contributed by atoms with Gasteiger partial charge in [0.25, 0.3) is 0 Å². The fraction of sp³-hybridized carbons (Fsp3) is 0.323. The number of benzene rings is 2. The Labute approximate surface area is 238 Å². The number of carbonyl (C=O) groups excluding carboxylic acids is 1. The number of pyridine rings is 1. The lowest BCUT2D eigenvalue weighted by Gasteiger charge is -2.27. The number of hydrogen-bond acceptors (Lipinski definition) is 7. The summed E-state index contributed by atoms with van der Waals surface area (Å²) in [6, 6.07) is 16.0. The summed E-state index contributed by atoms with van der Waals surface area (Å²) in [7, 11) is 1.86. The minimum absolute atomic E-state index is 0.0708. The zero-order chi connectivity index (χ0) is 29.3. The number of hydrogen-bond donors (Lipinski definition) is 0. The van der Waals surface area contributed by atoms with Gasteiger partial charge in [0.1, 0.15) is 23.3 Å². The van der Waals surface area contributed by atoms with Gasteiger partial charge in [0.15, 0.2) is 0 Å². The third kappa shape index (κ3) is 5.68. The molecule has 0 N–H and O–H groups in total. The van der Waals surface area contributed by atoms with Crippen molar-refractivity contribution in [1.29, 1.82) is 10.5 Å². The second-order valence-corrected chi connectivity index (χ2v) is 11.0. The largest absolute Gasteiger partial charge is 0.444 e. The molecule has 4 aromatic rings. The van der Waals surface area contributed by atoms with Crippen LogP contribution in [-0.2, 0) is 11.8 Å². The topological polar surface area (TPSA) is 111 Å². The molecular formula is C31H30FN7O2. The minimum atomic E-state index is -0.660. The van der Waals surface area contributed by atoms with E-state index >= 15 is 0 Å². The van der Waals surface area contributed by atoms with E-state index in [1.807, 2.05) is 57.0 Å². The average Bonchev–Trinajstić information content (AvgIpc) is 3.14. The maximum Gasteiger partial charge on any atom is 0.410 e. The smallest absolute Gasteiger partial charge is 0.410 e. The quantitative estimate of drug-likeness (QED) is 0.324. The molecule has 9 nitrogen and oxygen atoms in total. The molecule has 5 rings (SSSR count). The molecular weight excluding hydrogens is 521 g/mol. The zero-order valence-corrected chi connectivity index (χ0v) is 23.5. The van der Waals surface area contributed by atoms with Crippen molar-refractivity contribution in [3.8, 4) is 34.5 Å². The summed E-state index contributed by atoms with van der Waals surface area (Å²) < 4.78 is 22.1. The van der Waals surface area contributed by atoms with E-state index in [9.17, 15) is 19.7 Å². The molecule has 0 saturated carbocycles. The molecule has 0 atom stereocenters. The first-order valence-corrected chi connectivity index (χ1v) is 13.4. The lowest BCUT2D eigenvalue weighted by molar-refractivity contribution is 0.0263. The van der Waals surface area contributed by atoms with Crippen LogP contribution in [0.2, 0.25) is 0 Å². The normalized spacial score (nSPS) is 13.9. The standard InChI is InChI=1S/C31H30FN7O2/c1-31(2,3)41-30(40)39-11-5-10-38(12-13-39)27-16-23(18-34)28(20-8-9-26-24(14-20)19-35-37(26)4)29(36-27)21-6-7-22(17-33)25(32)15-21/h6-9,14-16,19H,5,10-13H2,1-4H3. The summed E-state index contributed by atoms with van der Waals surface area (Å²) in [5.41, 5.74) is 2.84. The molecule has 1 aliphatic heterocycles. The summed E-state index contributed by atoms with van der Waals surface area (Å²) in [4.78, 5) is 21.4. The van der Waals surface area contributed by atoms with E-state index in [1.165, 1.54) is 12.1 Å². The van der Waals surface area contributed by atoms with Crippen LogP contribution in [0, 0.1) is 28.5 Å². The summed E-state index contributed by atoms with van der Waals surface area (Å²) >= 11 is 0. The van der Waals surface area contributed by atoms with Gasteiger partial charge in [-0.05, 0) is 63.1 Å². The van der Waals surface area contributed by atoms with Crippen molar-refractivity contribution < 1.29 is 13.9 Å². The second-order valence-electron chi connectivity index (χ2n) is 11.0. The monoisotopic (exact) mass is 551 g/mol. The molecule has 0 spiro atoms. The van der Waals surface area contributed by atoms with Crippen molar-refractivity contribution in [2.24, 2.45) is 7.05 Å². The Morgan fingerprint density at radius 2 is 1.73 bits per heavy atom. The molecule has 2 aromatic heterocycles. The number of aryl methyl sites for hydroxylation is 1. The van der Waals surface area contributed by atoms with Crippen LogP contribution in [0.3, 0.4) is 0 Å². The number of aromatic nitrogens is 3. The third-order valence-corrected chi connectivity index (χ3v) is 7.00. The Bertz CT molecular complexity index is 1730. The van der Waals surface area contributed by atoms with Gasteiger partial charge in [-0.25, -0.2) is 14.2 Å².